The molecule has 2 aromatic rings. The van der Waals surface area contributed by atoms with Crippen LogP contribution >= 0.6 is 0 Å². The Balaban J connectivity index is 2.31. The van der Waals surface area contributed by atoms with E-state index in [-0.39, 0.29) is 18.1 Å². The summed E-state index contributed by atoms with van der Waals surface area (Å²) in [6, 6.07) is 13.0. The fraction of sp³-hybridized carbons (Fsp3) is 0.238. The zero-order chi connectivity index (χ0) is 18.4. The lowest BCUT2D eigenvalue weighted by molar-refractivity contribution is -0.138. The molecule has 0 aromatic heterocycles. The van der Waals surface area contributed by atoms with Crippen LogP contribution in [-0.2, 0) is 9.53 Å². The van der Waals surface area contributed by atoms with Crippen molar-refractivity contribution in [2.75, 3.05) is 11.9 Å². The van der Waals surface area contributed by atoms with E-state index in [1.807, 2.05) is 51.1 Å². The second-order valence-corrected chi connectivity index (χ2v) is 5.93. The van der Waals surface area contributed by atoms with E-state index < -0.39 is 5.97 Å². The van der Waals surface area contributed by atoms with Gasteiger partial charge in [0.05, 0.1) is 6.61 Å². The summed E-state index contributed by atoms with van der Waals surface area (Å²) < 4.78 is 5.06. The lowest BCUT2D eigenvalue weighted by atomic mass is 10.1. The van der Waals surface area contributed by atoms with Gasteiger partial charge in [-0.1, -0.05) is 35.9 Å². The Bertz CT molecular complexity index is 804. The fourth-order valence-corrected chi connectivity index (χ4v) is 2.26. The Labute approximate surface area is 148 Å². The van der Waals surface area contributed by atoms with Crippen molar-refractivity contribution in [2.24, 2.45) is 0 Å². The number of anilines is 1. The van der Waals surface area contributed by atoms with Gasteiger partial charge in [-0.05, 0) is 51.0 Å². The molecule has 1 N–H and O–H groups in total. The monoisotopic (exact) mass is 337 g/mol. The number of hydrogen-bond acceptors (Lipinski definition) is 4. The van der Waals surface area contributed by atoms with Crippen molar-refractivity contribution in [2.45, 2.75) is 27.7 Å². The van der Waals surface area contributed by atoms with Gasteiger partial charge in [0.25, 0.3) is 0 Å². The van der Waals surface area contributed by atoms with Gasteiger partial charge in [0.15, 0.2) is 5.78 Å². The normalized spacial score (nSPS) is 11.1. The van der Waals surface area contributed by atoms with Crippen LogP contribution in [-0.4, -0.2) is 18.4 Å². The highest BCUT2D eigenvalue weighted by atomic mass is 16.5. The molecule has 4 heteroatoms. The molecule has 0 heterocycles. The predicted molar refractivity (Wildman–Crippen MR) is 99.8 cm³/mol. The van der Waals surface area contributed by atoms with Crippen molar-refractivity contribution in [1.29, 1.82) is 0 Å². The van der Waals surface area contributed by atoms with Crippen LogP contribution in [0, 0.1) is 20.8 Å². The van der Waals surface area contributed by atoms with Crippen molar-refractivity contribution < 1.29 is 14.3 Å². The summed E-state index contributed by atoms with van der Waals surface area (Å²) in [6.07, 6.45) is 1.29. The molecule has 0 aliphatic heterocycles. The number of allylic oxidation sites excluding steroid dienone is 1. The number of ether oxygens (including phenoxy) is 1. The Morgan fingerprint density at radius 3 is 2.28 bits per heavy atom. The van der Waals surface area contributed by atoms with Gasteiger partial charge in [-0.25, -0.2) is 4.79 Å². The van der Waals surface area contributed by atoms with Gasteiger partial charge in [0.1, 0.15) is 5.70 Å². The molecule has 25 heavy (non-hydrogen) atoms. The average molecular weight is 337 g/mol. The second-order valence-electron chi connectivity index (χ2n) is 5.93. The number of benzene rings is 2. The van der Waals surface area contributed by atoms with Crippen molar-refractivity contribution in [3.05, 3.63) is 76.5 Å². The van der Waals surface area contributed by atoms with E-state index in [0.29, 0.717) is 5.56 Å². The molecule has 2 aromatic carbocycles. The molecule has 0 atom stereocenters. The van der Waals surface area contributed by atoms with Crippen LogP contribution < -0.4 is 5.32 Å². The second kappa shape index (κ2) is 8.29. The number of ketones is 1. The predicted octanol–water partition coefficient (Wildman–Crippen LogP) is 4.35. The van der Waals surface area contributed by atoms with Crippen molar-refractivity contribution in [3.8, 4) is 0 Å². The SMILES string of the molecule is CCOC(=O)/C(=C/C(=O)c1ccc(C)cc1)Nc1ccc(C)c(C)c1. The maximum absolute atomic E-state index is 12.5. The van der Waals surface area contributed by atoms with Gasteiger partial charge in [0, 0.05) is 17.3 Å². The first-order chi connectivity index (χ1) is 11.9. The maximum Gasteiger partial charge on any atom is 0.354 e. The highest BCUT2D eigenvalue weighted by Crippen LogP contribution is 2.17. The first kappa shape index (κ1) is 18.5. The third-order valence-corrected chi connectivity index (χ3v) is 3.89. The fourth-order valence-electron chi connectivity index (χ4n) is 2.26. The molecule has 0 saturated carbocycles. The van der Waals surface area contributed by atoms with Crippen LogP contribution in [0.5, 0.6) is 0 Å². The Morgan fingerprint density at radius 1 is 1.00 bits per heavy atom. The van der Waals surface area contributed by atoms with E-state index in [2.05, 4.69) is 5.32 Å². The van der Waals surface area contributed by atoms with Gasteiger partial charge < -0.3 is 10.1 Å². The van der Waals surface area contributed by atoms with Crippen LogP contribution in [0.25, 0.3) is 0 Å². The van der Waals surface area contributed by atoms with Gasteiger partial charge in [-0.3, -0.25) is 4.79 Å². The minimum Gasteiger partial charge on any atom is -0.461 e. The topological polar surface area (TPSA) is 55.4 Å². The smallest absolute Gasteiger partial charge is 0.354 e. The Kier molecular flexibility index (Phi) is 6.12. The minimum absolute atomic E-state index is 0.121. The average Bonchev–Trinajstić information content (AvgIpc) is 2.58. The van der Waals surface area contributed by atoms with Crippen molar-refractivity contribution in [1.82, 2.24) is 0 Å². The van der Waals surface area contributed by atoms with E-state index in [9.17, 15) is 9.59 Å². The number of carbonyl (C=O) groups excluding carboxylic acids is 2. The molecular weight excluding hydrogens is 314 g/mol. The number of aryl methyl sites for hydroxylation is 3. The molecule has 0 aliphatic carbocycles. The number of hydrogen-bond donors (Lipinski definition) is 1. The van der Waals surface area contributed by atoms with E-state index >= 15 is 0 Å². The summed E-state index contributed by atoms with van der Waals surface area (Å²) in [5, 5.41) is 3.01. The third kappa shape index (κ3) is 5.05. The van der Waals surface area contributed by atoms with Crippen LogP contribution in [0.3, 0.4) is 0 Å². The minimum atomic E-state index is -0.554. The first-order valence-corrected chi connectivity index (χ1v) is 8.24. The maximum atomic E-state index is 12.5. The molecule has 0 amide bonds. The molecule has 0 saturated heterocycles. The van der Waals surface area contributed by atoms with Gasteiger partial charge in [-0.15, -0.1) is 0 Å². The van der Waals surface area contributed by atoms with Crippen molar-refractivity contribution >= 4 is 17.4 Å². The molecule has 0 fully saturated rings. The number of nitrogens with one attached hydrogen (secondary N) is 1. The molecule has 4 nitrogen and oxygen atoms in total. The third-order valence-electron chi connectivity index (χ3n) is 3.89. The van der Waals surface area contributed by atoms with E-state index in [0.717, 1.165) is 22.4 Å². The first-order valence-electron chi connectivity index (χ1n) is 8.24. The quantitative estimate of drug-likeness (QED) is 0.483. The van der Waals surface area contributed by atoms with Crippen molar-refractivity contribution in [3.63, 3.8) is 0 Å². The number of rotatable bonds is 6. The largest absolute Gasteiger partial charge is 0.461 e. The molecular formula is C21H23NO3. The lowest BCUT2D eigenvalue weighted by Gasteiger charge is -2.12. The molecule has 0 unspecified atom stereocenters. The highest BCUT2D eigenvalue weighted by molar-refractivity contribution is 6.09. The number of esters is 1. The molecule has 0 radical (unpaired) electrons. The molecule has 0 spiro atoms. The summed E-state index contributed by atoms with van der Waals surface area (Å²) in [5.41, 5.74) is 4.70. The molecule has 2 rings (SSSR count). The van der Waals surface area contributed by atoms with Gasteiger partial charge >= 0.3 is 5.97 Å². The molecule has 130 valence electrons. The zero-order valence-electron chi connectivity index (χ0n) is 15.1. The summed E-state index contributed by atoms with van der Waals surface area (Å²) in [6.45, 7) is 7.93. The summed E-state index contributed by atoms with van der Waals surface area (Å²) in [7, 11) is 0. The van der Waals surface area contributed by atoms with E-state index in [1.165, 1.54) is 6.08 Å². The Hall–Kier alpha value is -2.88. The van der Waals surface area contributed by atoms with Gasteiger partial charge in [-0.2, -0.15) is 0 Å². The summed E-state index contributed by atoms with van der Waals surface area (Å²) in [4.78, 5) is 24.7. The molecule has 0 bridgehead atoms. The lowest BCUT2D eigenvalue weighted by Crippen LogP contribution is -2.16. The van der Waals surface area contributed by atoms with Crippen LogP contribution in [0.15, 0.2) is 54.2 Å². The number of carbonyl (C=O) groups is 2. The van der Waals surface area contributed by atoms with Crippen LogP contribution in [0.2, 0.25) is 0 Å². The van der Waals surface area contributed by atoms with Gasteiger partial charge in [0.2, 0.25) is 0 Å². The Morgan fingerprint density at radius 2 is 1.68 bits per heavy atom. The standard InChI is InChI=1S/C21H23NO3/c1-5-25-21(24)19(22-18-11-8-15(3)16(4)12-18)13-20(23)17-9-6-14(2)7-10-17/h6-13,22H,5H2,1-4H3/b19-13-. The van der Waals surface area contributed by atoms with E-state index in [1.54, 1.807) is 19.1 Å². The highest BCUT2D eigenvalue weighted by Gasteiger charge is 2.14. The summed E-state index contributed by atoms with van der Waals surface area (Å²) >= 11 is 0. The molecule has 0 aliphatic rings. The zero-order valence-corrected chi connectivity index (χ0v) is 15.1. The van der Waals surface area contributed by atoms with Crippen LogP contribution in [0.1, 0.15) is 34.0 Å². The van der Waals surface area contributed by atoms with E-state index in [4.69, 9.17) is 4.74 Å². The summed E-state index contributed by atoms with van der Waals surface area (Å²) in [5.74, 6) is -0.805. The van der Waals surface area contributed by atoms with Crippen LogP contribution in [0.4, 0.5) is 5.69 Å².